The molecule has 4 rings (SSSR count). The second kappa shape index (κ2) is 7.38. The highest BCUT2D eigenvalue weighted by atomic mass is 32.2. The lowest BCUT2D eigenvalue weighted by Crippen LogP contribution is -2.27. The molecule has 0 unspecified atom stereocenters. The number of benzene rings is 1. The van der Waals surface area contributed by atoms with E-state index < -0.39 is 5.97 Å². The van der Waals surface area contributed by atoms with Gasteiger partial charge in [0.25, 0.3) is 5.91 Å². The number of hydrogen-bond donors (Lipinski definition) is 1. The van der Waals surface area contributed by atoms with Gasteiger partial charge in [0.1, 0.15) is 11.5 Å². The maximum absolute atomic E-state index is 12.8. The first kappa shape index (κ1) is 19.2. The van der Waals surface area contributed by atoms with E-state index >= 15 is 0 Å². The van der Waals surface area contributed by atoms with Crippen molar-refractivity contribution < 1.29 is 23.5 Å². The third-order valence-electron chi connectivity index (χ3n) is 4.48. The Morgan fingerprint density at radius 3 is 2.45 bits per heavy atom. The summed E-state index contributed by atoms with van der Waals surface area (Å²) in [7, 11) is 0. The van der Waals surface area contributed by atoms with E-state index in [0.29, 0.717) is 32.2 Å². The number of amides is 1. The number of aryl methyl sites for hydroxylation is 2. The highest BCUT2D eigenvalue weighted by Crippen LogP contribution is 2.37. The Hall–Kier alpha value is -3.10. The predicted octanol–water partition coefficient (Wildman–Crippen LogP) is 5.26. The summed E-state index contributed by atoms with van der Waals surface area (Å²) >= 11 is 6.50. The van der Waals surface area contributed by atoms with Crippen molar-refractivity contribution in [2.45, 2.75) is 13.8 Å². The predicted molar refractivity (Wildman–Crippen MR) is 115 cm³/mol. The largest absolute Gasteiger partial charge is 0.478 e. The van der Waals surface area contributed by atoms with Gasteiger partial charge in [0, 0.05) is 6.08 Å². The van der Waals surface area contributed by atoms with Crippen LogP contribution in [0, 0.1) is 13.8 Å². The van der Waals surface area contributed by atoms with Crippen LogP contribution in [0.15, 0.2) is 56.2 Å². The highest BCUT2D eigenvalue weighted by molar-refractivity contribution is 8.27. The highest BCUT2D eigenvalue weighted by Gasteiger charge is 2.33. The average Bonchev–Trinajstić information content (AvgIpc) is 3.35. The normalized spacial score (nSPS) is 15.5. The van der Waals surface area contributed by atoms with E-state index in [4.69, 9.17) is 26.2 Å². The van der Waals surface area contributed by atoms with Crippen LogP contribution in [0.4, 0.5) is 5.69 Å². The van der Waals surface area contributed by atoms with Crippen molar-refractivity contribution in [1.82, 2.24) is 0 Å². The third kappa shape index (κ3) is 3.64. The molecule has 2 aromatic heterocycles. The number of anilines is 1. The number of aromatic carboxylic acids is 1. The molecule has 0 radical (unpaired) electrons. The zero-order chi connectivity index (χ0) is 20.7. The molecular weight excluding hydrogens is 410 g/mol. The van der Waals surface area contributed by atoms with Crippen LogP contribution in [-0.4, -0.2) is 21.3 Å². The summed E-state index contributed by atoms with van der Waals surface area (Å²) in [4.78, 5) is 25.6. The van der Waals surface area contributed by atoms with E-state index in [0.717, 1.165) is 23.1 Å². The Balaban J connectivity index is 1.58. The molecule has 8 heteroatoms. The Morgan fingerprint density at radius 1 is 1.10 bits per heavy atom. The number of thiocarbonyl (C=S) groups is 1. The third-order valence-corrected chi connectivity index (χ3v) is 5.78. The summed E-state index contributed by atoms with van der Waals surface area (Å²) in [6.07, 6.45) is 1.64. The van der Waals surface area contributed by atoms with Crippen molar-refractivity contribution in [2.24, 2.45) is 0 Å². The van der Waals surface area contributed by atoms with Gasteiger partial charge in [-0.15, -0.1) is 0 Å². The van der Waals surface area contributed by atoms with Crippen molar-refractivity contribution in [3.8, 4) is 11.5 Å². The summed E-state index contributed by atoms with van der Waals surface area (Å²) < 4.78 is 11.8. The zero-order valence-corrected chi connectivity index (χ0v) is 17.1. The lowest BCUT2D eigenvalue weighted by Gasteiger charge is -2.14. The molecule has 1 N–H and O–H groups in total. The lowest BCUT2D eigenvalue weighted by atomic mass is 10.2. The Kier molecular flexibility index (Phi) is 4.89. The maximum Gasteiger partial charge on any atom is 0.335 e. The van der Waals surface area contributed by atoms with Gasteiger partial charge in [-0.2, -0.15) is 0 Å². The maximum atomic E-state index is 12.8. The molecule has 146 valence electrons. The number of carboxylic acids is 1. The van der Waals surface area contributed by atoms with Crippen LogP contribution >= 0.6 is 24.0 Å². The van der Waals surface area contributed by atoms with E-state index in [9.17, 15) is 9.59 Å². The fraction of sp³-hybridized carbons (Fsp3) is 0.0952. The minimum atomic E-state index is -1.03. The van der Waals surface area contributed by atoms with E-state index in [-0.39, 0.29) is 11.5 Å². The molecule has 1 aliphatic rings. The van der Waals surface area contributed by atoms with Crippen LogP contribution in [0.2, 0.25) is 0 Å². The second-order valence-electron chi connectivity index (χ2n) is 6.42. The summed E-state index contributed by atoms with van der Waals surface area (Å²) in [5, 5.41) is 9.02. The van der Waals surface area contributed by atoms with E-state index in [1.54, 1.807) is 30.3 Å². The molecule has 0 spiro atoms. The molecule has 1 aliphatic heterocycles. The minimum absolute atomic E-state index is 0.140. The first-order valence-electron chi connectivity index (χ1n) is 8.62. The van der Waals surface area contributed by atoms with E-state index in [2.05, 4.69) is 0 Å². The summed E-state index contributed by atoms with van der Waals surface area (Å²) in [6.45, 7) is 3.84. The second-order valence-corrected chi connectivity index (χ2v) is 8.10. The zero-order valence-electron chi connectivity index (χ0n) is 15.5. The lowest BCUT2D eigenvalue weighted by molar-refractivity contribution is -0.113. The van der Waals surface area contributed by atoms with Crippen molar-refractivity contribution in [3.05, 3.63) is 70.0 Å². The van der Waals surface area contributed by atoms with Gasteiger partial charge in [0.2, 0.25) is 0 Å². The van der Waals surface area contributed by atoms with Gasteiger partial charge in [-0.1, -0.05) is 24.0 Å². The monoisotopic (exact) mass is 425 g/mol. The molecule has 0 bridgehead atoms. The Morgan fingerprint density at radius 2 is 1.83 bits per heavy atom. The molecule has 29 heavy (non-hydrogen) atoms. The molecule has 1 fully saturated rings. The van der Waals surface area contributed by atoms with Crippen LogP contribution < -0.4 is 4.90 Å². The number of furan rings is 2. The topological polar surface area (TPSA) is 83.9 Å². The van der Waals surface area contributed by atoms with Crippen LogP contribution in [0.3, 0.4) is 0 Å². The smallest absolute Gasteiger partial charge is 0.335 e. The number of nitrogens with zero attached hydrogens (tertiary/aromatic N) is 1. The van der Waals surface area contributed by atoms with E-state index in [1.165, 1.54) is 17.0 Å². The molecular formula is C21H15NO5S2. The van der Waals surface area contributed by atoms with Crippen LogP contribution in [0.1, 0.15) is 27.4 Å². The van der Waals surface area contributed by atoms with Crippen molar-refractivity contribution in [1.29, 1.82) is 0 Å². The summed E-state index contributed by atoms with van der Waals surface area (Å²) in [6, 6.07) is 11.4. The summed E-state index contributed by atoms with van der Waals surface area (Å²) in [5.41, 5.74) is 1.69. The number of rotatable bonds is 4. The number of carbonyl (C=O) groups excluding carboxylic acids is 1. The van der Waals surface area contributed by atoms with Gasteiger partial charge in [-0.05, 0) is 61.9 Å². The molecule has 1 saturated heterocycles. The molecule has 1 amide bonds. The molecule has 3 heterocycles. The van der Waals surface area contributed by atoms with Crippen molar-refractivity contribution in [2.75, 3.05) is 4.90 Å². The van der Waals surface area contributed by atoms with Crippen molar-refractivity contribution >= 4 is 51.9 Å². The molecule has 0 aliphatic carbocycles. The van der Waals surface area contributed by atoms with E-state index in [1.807, 2.05) is 19.9 Å². The number of hydrogen-bond acceptors (Lipinski definition) is 6. The van der Waals surface area contributed by atoms with Gasteiger partial charge < -0.3 is 13.9 Å². The van der Waals surface area contributed by atoms with Crippen LogP contribution in [0.25, 0.3) is 17.6 Å². The first-order chi connectivity index (χ1) is 13.8. The first-order valence-corrected chi connectivity index (χ1v) is 9.84. The van der Waals surface area contributed by atoms with Crippen LogP contribution in [0.5, 0.6) is 0 Å². The number of carboxylic acid groups (broad SMARTS) is 1. The number of carbonyl (C=O) groups is 2. The summed E-state index contributed by atoms with van der Waals surface area (Å²) in [5.74, 6) is 1.22. The Bertz CT molecular complexity index is 1150. The fourth-order valence-electron chi connectivity index (χ4n) is 2.83. The van der Waals surface area contributed by atoms with Gasteiger partial charge >= 0.3 is 5.97 Å². The molecule has 1 aromatic carbocycles. The SMILES string of the molecule is Cc1cc(-c2ccc(C=C3SC(=S)N(c4ccc(C(=O)O)cc4)C3=O)o2)oc1C. The fourth-order valence-corrected chi connectivity index (χ4v) is 4.11. The molecule has 3 aromatic rings. The van der Waals surface area contributed by atoms with Crippen molar-refractivity contribution in [3.63, 3.8) is 0 Å². The molecule has 0 saturated carbocycles. The van der Waals surface area contributed by atoms with Gasteiger partial charge in [0.15, 0.2) is 15.8 Å². The number of thioether (sulfide) groups is 1. The quantitative estimate of drug-likeness (QED) is 0.451. The van der Waals surface area contributed by atoms with Gasteiger partial charge in [-0.25, -0.2) is 4.79 Å². The average molecular weight is 425 g/mol. The standard InChI is InChI=1S/C21H15NO5S2/c1-11-9-17(26-12(11)2)16-8-7-15(27-16)10-18-19(23)22(21(28)29-18)14-5-3-13(4-6-14)20(24)25/h3-10H,1-2H3,(H,24,25). The minimum Gasteiger partial charge on any atom is -0.478 e. The molecule has 6 nitrogen and oxygen atoms in total. The molecule has 0 atom stereocenters. The van der Waals surface area contributed by atoms with Crippen LogP contribution in [-0.2, 0) is 4.79 Å². The van der Waals surface area contributed by atoms with Gasteiger partial charge in [0.05, 0.1) is 16.2 Å². The van der Waals surface area contributed by atoms with Gasteiger partial charge in [-0.3, -0.25) is 9.69 Å². The Labute approximate surface area is 175 Å².